The van der Waals surface area contributed by atoms with E-state index in [1.54, 1.807) is 7.11 Å². The minimum absolute atomic E-state index is 0.633. The number of para-hydroxylation sites is 1. The summed E-state index contributed by atoms with van der Waals surface area (Å²) in [5, 5.41) is 6.83. The molecule has 26 heavy (non-hydrogen) atoms. The third-order valence-electron chi connectivity index (χ3n) is 5.01. The van der Waals surface area contributed by atoms with Crippen molar-refractivity contribution >= 4 is 5.96 Å². The van der Waals surface area contributed by atoms with Crippen LogP contribution >= 0.6 is 0 Å². The zero-order valence-corrected chi connectivity index (χ0v) is 16.9. The molecule has 0 aliphatic carbocycles. The molecule has 146 valence electrons. The highest BCUT2D eigenvalue weighted by Gasteiger charge is 2.21. The lowest BCUT2D eigenvalue weighted by molar-refractivity contribution is 0.143. The molecule has 0 spiro atoms. The molecule has 0 amide bonds. The molecule has 0 bridgehead atoms. The Kier molecular flexibility index (Phi) is 8.75. The van der Waals surface area contributed by atoms with Crippen LogP contribution in [0.1, 0.15) is 39.2 Å². The lowest BCUT2D eigenvalue weighted by atomic mass is 9.97. The second kappa shape index (κ2) is 11.1. The van der Waals surface area contributed by atoms with Gasteiger partial charge in [0.05, 0.1) is 7.11 Å². The monoisotopic (exact) mass is 360 g/mol. The molecule has 1 aliphatic heterocycles. The van der Waals surface area contributed by atoms with Gasteiger partial charge in [0, 0.05) is 32.2 Å². The SMILES string of the molecule is CCNC(=NCC1CCCN(C(C)C)C1)NCCc1ccccc1OC. The van der Waals surface area contributed by atoms with Crippen LogP contribution in [0.25, 0.3) is 0 Å². The molecule has 0 radical (unpaired) electrons. The molecule has 1 unspecified atom stereocenters. The van der Waals surface area contributed by atoms with Gasteiger partial charge in [-0.1, -0.05) is 18.2 Å². The Morgan fingerprint density at radius 2 is 2.12 bits per heavy atom. The van der Waals surface area contributed by atoms with Crippen LogP contribution in [-0.4, -0.2) is 56.7 Å². The van der Waals surface area contributed by atoms with Crippen molar-refractivity contribution in [3.63, 3.8) is 0 Å². The summed E-state index contributed by atoms with van der Waals surface area (Å²) in [6.45, 7) is 11.7. The highest BCUT2D eigenvalue weighted by molar-refractivity contribution is 5.79. The van der Waals surface area contributed by atoms with E-state index in [2.05, 4.69) is 48.4 Å². The molecule has 0 saturated carbocycles. The van der Waals surface area contributed by atoms with Gasteiger partial charge < -0.3 is 20.3 Å². The van der Waals surface area contributed by atoms with Gasteiger partial charge in [0.1, 0.15) is 5.75 Å². The van der Waals surface area contributed by atoms with Crippen LogP contribution in [-0.2, 0) is 6.42 Å². The number of piperidine rings is 1. The predicted octanol–water partition coefficient (Wildman–Crippen LogP) is 2.91. The number of methoxy groups -OCH3 is 1. The van der Waals surface area contributed by atoms with E-state index in [0.717, 1.165) is 37.8 Å². The summed E-state index contributed by atoms with van der Waals surface area (Å²) in [4.78, 5) is 7.42. The molecule has 1 heterocycles. The average molecular weight is 361 g/mol. The van der Waals surface area contributed by atoms with E-state index in [0.29, 0.717) is 12.0 Å². The maximum absolute atomic E-state index is 5.43. The fourth-order valence-corrected chi connectivity index (χ4v) is 3.50. The molecule has 0 aromatic heterocycles. The standard InChI is InChI=1S/C21H36N4O/c1-5-22-21(23-13-12-19-10-6-7-11-20(19)26-4)24-15-18-9-8-14-25(16-18)17(2)3/h6-7,10-11,17-18H,5,8-9,12-16H2,1-4H3,(H2,22,23,24). The number of likely N-dealkylation sites (tertiary alicyclic amines) is 1. The van der Waals surface area contributed by atoms with Crippen molar-refractivity contribution in [2.75, 3.05) is 39.8 Å². The molecule has 1 aromatic carbocycles. The van der Waals surface area contributed by atoms with Crippen LogP contribution < -0.4 is 15.4 Å². The molecule has 1 saturated heterocycles. The number of hydrogen-bond acceptors (Lipinski definition) is 3. The van der Waals surface area contributed by atoms with E-state index < -0.39 is 0 Å². The molecular weight excluding hydrogens is 324 g/mol. The lowest BCUT2D eigenvalue weighted by Gasteiger charge is -2.34. The highest BCUT2D eigenvalue weighted by atomic mass is 16.5. The highest BCUT2D eigenvalue weighted by Crippen LogP contribution is 2.19. The summed E-state index contributed by atoms with van der Waals surface area (Å²) in [5.41, 5.74) is 1.22. The molecule has 1 atom stereocenters. The van der Waals surface area contributed by atoms with E-state index in [1.165, 1.54) is 31.5 Å². The van der Waals surface area contributed by atoms with Crippen molar-refractivity contribution in [2.45, 2.75) is 46.1 Å². The number of benzene rings is 1. The van der Waals surface area contributed by atoms with Crippen molar-refractivity contribution < 1.29 is 4.74 Å². The molecule has 1 fully saturated rings. The summed E-state index contributed by atoms with van der Waals surface area (Å²) in [6.07, 6.45) is 3.49. The van der Waals surface area contributed by atoms with Crippen LogP contribution in [0.2, 0.25) is 0 Å². The van der Waals surface area contributed by atoms with Crippen molar-refractivity contribution in [1.82, 2.24) is 15.5 Å². The Balaban J connectivity index is 1.84. The van der Waals surface area contributed by atoms with Crippen LogP contribution in [0.5, 0.6) is 5.75 Å². The van der Waals surface area contributed by atoms with Gasteiger partial charge in [0.2, 0.25) is 0 Å². The van der Waals surface area contributed by atoms with E-state index >= 15 is 0 Å². The van der Waals surface area contributed by atoms with Gasteiger partial charge in [-0.2, -0.15) is 0 Å². The van der Waals surface area contributed by atoms with Crippen molar-refractivity contribution in [1.29, 1.82) is 0 Å². The van der Waals surface area contributed by atoms with Gasteiger partial charge in [0.25, 0.3) is 0 Å². The van der Waals surface area contributed by atoms with Crippen molar-refractivity contribution in [3.05, 3.63) is 29.8 Å². The summed E-state index contributed by atoms with van der Waals surface area (Å²) in [6, 6.07) is 8.83. The number of ether oxygens (including phenoxy) is 1. The first kappa shape index (κ1) is 20.6. The Hall–Kier alpha value is -1.75. The molecular formula is C21H36N4O. The van der Waals surface area contributed by atoms with Crippen molar-refractivity contribution in [3.8, 4) is 5.75 Å². The van der Waals surface area contributed by atoms with Gasteiger partial charge in [0.15, 0.2) is 5.96 Å². The summed E-state index contributed by atoms with van der Waals surface area (Å²) >= 11 is 0. The number of aliphatic imine (C=N–C) groups is 1. The minimum Gasteiger partial charge on any atom is -0.496 e. The topological polar surface area (TPSA) is 48.9 Å². The predicted molar refractivity (Wildman–Crippen MR) is 110 cm³/mol. The van der Waals surface area contributed by atoms with E-state index in [-0.39, 0.29) is 0 Å². The fraction of sp³-hybridized carbons (Fsp3) is 0.667. The van der Waals surface area contributed by atoms with Gasteiger partial charge in [-0.15, -0.1) is 0 Å². The molecule has 1 aliphatic rings. The van der Waals surface area contributed by atoms with E-state index in [4.69, 9.17) is 9.73 Å². The second-order valence-corrected chi connectivity index (χ2v) is 7.31. The number of nitrogens with zero attached hydrogens (tertiary/aromatic N) is 2. The lowest BCUT2D eigenvalue weighted by Crippen LogP contribution is -2.42. The minimum atomic E-state index is 0.633. The second-order valence-electron chi connectivity index (χ2n) is 7.31. The van der Waals surface area contributed by atoms with Gasteiger partial charge in [-0.05, 0) is 64.1 Å². The van der Waals surface area contributed by atoms with Gasteiger partial charge in [-0.3, -0.25) is 4.99 Å². The van der Waals surface area contributed by atoms with Crippen molar-refractivity contribution in [2.24, 2.45) is 10.9 Å². The van der Waals surface area contributed by atoms with Gasteiger partial charge in [-0.25, -0.2) is 0 Å². The third-order valence-corrected chi connectivity index (χ3v) is 5.01. The van der Waals surface area contributed by atoms with Crippen LogP contribution in [0.4, 0.5) is 0 Å². The number of nitrogens with one attached hydrogen (secondary N) is 2. The largest absolute Gasteiger partial charge is 0.496 e. The zero-order valence-electron chi connectivity index (χ0n) is 16.9. The maximum atomic E-state index is 5.43. The summed E-state index contributed by atoms with van der Waals surface area (Å²) < 4.78 is 5.43. The Morgan fingerprint density at radius 3 is 2.85 bits per heavy atom. The Morgan fingerprint density at radius 1 is 1.31 bits per heavy atom. The molecule has 5 heteroatoms. The summed E-state index contributed by atoms with van der Waals surface area (Å²) in [5.74, 6) is 2.53. The Labute approximate surface area is 159 Å². The third kappa shape index (κ3) is 6.52. The van der Waals surface area contributed by atoms with Crippen LogP contribution in [0.15, 0.2) is 29.3 Å². The zero-order chi connectivity index (χ0) is 18.8. The number of guanidine groups is 1. The molecule has 1 aromatic rings. The average Bonchev–Trinajstić information content (AvgIpc) is 2.66. The molecule has 2 N–H and O–H groups in total. The smallest absolute Gasteiger partial charge is 0.191 e. The molecule has 2 rings (SSSR count). The fourth-order valence-electron chi connectivity index (χ4n) is 3.50. The maximum Gasteiger partial charge on any atom is 0.191 e. The van der Waals surface area contributed by atoms with Crippen LogP contribution in [0.3, 0.4) is 0 Å². The van der Waals surface area contributed by atoms with E-state index in [9.17, 15) is 0 Å². The van der Waals surface area contributed by atoms with E-state index in [1.807, 2.05) is 12.1 Å². The normalized spacial score (nSPS) is 18.8. The summed E-state index contributed by atoms with van der Waals surface area (Å²) in [7, 11) is 1.72. The quantitative estimate of drug-likeness (QED) is 0.553. The number of rotatable bonds is 8. The Bertz CT molecular complexity index is 559. The molecule has 5 nitrogen and oxygen atoms in total. The first-order valence-corrected chi connectivity index (χ1v) is 10.0. The number of hydrogen-bond donors (Lipinski definition) is 2. The first-order valence-electron chi connectivity index (χ1n) is 10.0. The van der Waals surface area contributed by atoms with Gasteiger partial charge >= 0.3 is 0 Å². The van der Waals surface area contributed by atoms with Crippen LogP contribution in [0, 0.1) is 5.92 Å². The first-order chi connectivity index (χ1) is 12.6.